The van der Waals surface area contributed by atoms with Crippen LogP contribution in [0.15, 0.2) is 0 Å². The van der Waals surface area contributed by atoms with E-state index in [0.717, 1.165) is 0 Å². The van der Waals surface area contributed by atoms with E-state index in [9.17, 15) is 4.79 Å². The lowest BCUT2D eigenvalue weighted by Crippen LogP contribution is -2.28. The smallest absolute Gasteiger partial charge is 0.303 e. The average Bonchev–Trinajstić information content (AvgIpc) is 1.82. The van der Waals surface area contributed by atoms with E-state index in [-0.39, 0.29) is 13.2 Å². The number of carbonyl (C=O) groups is 1. The van der Waals surface area contributed by atoms with Gasteiger partial charge in [0.05, 0.1) is 6.61 Å². The van der Waals surface area contributed by atoms with E-state index in [2.05, 4.69) is 4.74 Å². The number of carbonyl (C=O) groups excluding carboxylic acids is 1. The molecule has 0 aromatic carbocycles. The number of rotatable bonds is 3. The minimum atomic E-state index is -0.539. The van der Waals surface area contributed by atoms with Crippen LogP contribution in [-0.2, 0) is 9.53 Å². The van der Waals surface area contributed by atoms with E-state index in [4.69, 9.17) is 10.8 Å². The highest BCUT2D eigenvalue weighted by molar-refractivity contribution is 5.66. The first-order valence-corrected chi connectivity index (χ1v) is 2.68. The van der Waals surface area contributed by atoms with Crippen molar-refractivity contribution in [1.29, 1.82) is 0 Å². The molecule has 0 amide bonds. The van der Waals surface area contributed by atoms with Crippen molar-refractivity contribution in [3.63, 3.8) is 0 Å². The summed E-state index contributed by atoms with van der Waals surface area (Å²) in [5.74, 6) is -0.417. The fraction of sp³-hybridized carbons (Fsp3) is 0.800. The zero-order valence-corrected chi connectivity index (χ0v) is 5.33. The van der Waals surface area contributed by atoms with Crippen molar-refractivity contribution in [2.75, 3.05) is 13.2 Å². The number of esters is 1. The van der Waals surface area contributed by atoms with Crippen LogP contribution in [0.1, 0.15) is 6.92 Å². The van der Waals surface area contributed by atoms with Crippen molar-refractivity contribution < 1.29 is 14.6 Å². The lowest BCUT2D eigenvalue weighted by molar-refractivity contribution is -0.147. The Balaban J connectivity index is 3.43. The molecule has 0 aliphatic heterocycles. The second-order valence-corrected chi connectivity index (χ2v) is 1.65. The number of nitrogens with two attached hydrogens (primary N) is 1. The highest BCUT2D eigenvalue weighted by Crippen LogP contribution is 1.87. The molecule has 0 fully saturated rings. The molecule has 0 rings (SSSR count). The van der Waals surface area contributed by atoms with Gasteiger partial charge in [-0.2, -0.15) is 0 Å². The molecule has 1 unspecified atom stereocenters. The largest absolute Gasteiger partial charge is 0.459 e. The Kier molecular flexibility index (Phi) is 4.00. The predicted octanol–water partition coefficient (Wildman–Crippen LogP) is -1.13. The third kappa shape index (κ3) is 3.93. The molecule has 0 saturated heterocycles. The maximum atomic E-state index is 10.2. The van der Waals surface area contributed by atoms with Gasteiger partial charge in [0, 0.05) is 13.5 Å². The Hall–Kier alpha value is -0.610. The highest BCUT2D eigenvalue weighted by atomic mass is 16.5. The summed E-state index contributed by atoms with van der Waals surface area (Å²) in [4.78, 5) is 10.2. The summed E-state index contributed by atoms with van der Waals surface area (Å²) in [5.41, 5.74) is 5.09. The maximum Gasteiger partial charge on any atom is 0.303 e. The van der Waals surface area contributed by atoms with Gasteiger partial charge in [-0.25, -0.2) is 0 Å². The lowest BCUT2D eigenvalue weighted by atomic mass is 10.4. The van der Waals surface area contributed by atoms with E-state index < -0.39 is 12.1 Å². The van der Waals surface area contributed by atoms with Crippen molar-refractivity contribution in [2.24, 2.45) is 5.73 Å². The summed E-state index contributed by atoms with van der Waals surface area (Å²) in [6.45, 7) is 1.23. The first kappa shape index (κ1) is 8.39. The van der Waals surface area contributed by atoms with Crippen LogP contribution >= 0.6 is 0 Å². The topological polar surface area (TPSA) is 72.5 Å². The Morgan fingerprint density at radius 1 is 1.89 bits per heavy atom. The SMILES string of the molecule is CC(=O)OC(CN)CO. The molecule has 3 N–H and O–H groups in total. The summed E-state index contributed by atoms with van der Waals surface area (Å²) in [6, 6.07) is 0. The molecular formula is C5H11NO3. The van der Waals surface area contributed by atoms with Gasteiger partial charge in [-0.1, -0.05) is 0 Å². The molecule has 54 valence electrons. The molecule has 1 atom stereocenters. The van der Waals surface area contributed by atoms with Crippen LogP contribution in [0.3, 0.4) is 0 Å². The van der Waals surface area contributed by atoms with Crippen LogP contribution in [0.25, 0.3) is 0 Å². The third-order valence-corrected chi connectivity index (χ3v) is 0.799. The van der Waals surface area contributed by atoms with E-state index >= 15 is 0 Å². The van der Waals surface area contributed by atoms with Crippen molar-refractivity contribution in [2.45, 2.75) is 13.0 Å². The normalized spacial score (nSPS) is 12.8. The number of aliphatic hydroxyl groups excluding tert-OH is 1. The monoisotopic (exact) mass is 133 g/mol. The van der Waals surface area contributed by atoms with E-state index in [1.54, 1.807) is 0 Å². The molecule has 4 heteroatoms. The Labute approximate surface area is 53.6 Å². The van der Waals surface area contributed by atoms with Gasteiger partial charge < -0.3 is 15.6 Å². The minimum Gasteiger partial charge on any atom is -0.459 e. The Morgan fingerprint density at radius 3 is 2.56 bits per heavy atom. The first-order valence-electron chi connectivity index (χ1n) is 2.68. The zero-order chi connectivity index (χ0) is 7.28. The van der Waals surface area contributed by atoms with Gasteiger partial charge in [0.2, 0.25) is 0 Å². The van der Waals surface area contributed by atoms with E-state index in [1.165, 1.54) is 6.92 Å². The second-order valence-electron chi connectivity index (χ2n) is 1.65. The molecule has 0 radical (unpaired) electrons. The lowest BCUT2D eigenvalue weighted by Gasteiger charge is -2.10. The molecule has 0 bridgehead atoms. The molecule has 0 aromatic heterocycles. The van der Waals surface area contributed by atoms with Crippen molar-refractivity contribution in [3.05, 3.63) is 0 Å². The third-order valence-electron chi connectivity index (χ3n) is 0.799. The van der Waals surface area contributed by atoms with Gasteiger partial charge in [0.1, 0.15) is 6.10 Å². The summed E-state index contributed by atoms with van der Waals surface area (Å²) in [5, 5.41) is 8.42. The van der Waals surface area contributed by atoms with E-state index in [0.29, 0.717) is 0 Å². The minimum absolute atomic E-state index is 0.163. The number of hydrogen-bond donors (Lipinski definition) is 2. The van der Waals surface area contributed by atoms with Gasteiger partial charge in [0.25, 0.3) is 0 Å². The fourth-order valence-corrected chi connectivity index (χ4v) is 0.395. The van der Waals surface area contributed by atoms with Gasteiger partial charge in [-0.15, -0.1) is 0 Å². The summed E-state index contributed by atoms with van der Waals surface area (Å²) in [7, 11) is 0. The number of ether oxygens (including phenoxy) is 1. The van der Waals surface area contributed by atoms with Crippen molar-refractivity contribution in [1.82, 2.24) is 0 Å². The molecule has 0 saturated carbocycles. The molecule has 0 aliphatic carbocycles. The standard InChI is InChI=1S/C5H11NO3/c1-4(8)9-5(2-6)3-7/h5,7H,2-3,6H2,1H3. The molecule has 0 spiro atoms. The Bertz CT molecular complexity index is 90.2. The van der Waals surface area contributed by atoms with Gasteiger partial charge in [-0.3, -0.25) is 4.79 Å². The number of aliphatic hydroxyl groups is 1. The van der Waals surface area contributed by atoms with Crippen LogP contribution in [-0.4, -0.2) is 30.3 Å². The summed E-state index contributed by atoms with van der Waals surface area (Å²) < 4.78 is 4.53. The van der Waals surface area contributed by atoms with Gasteiger partial charge >= 0.3 is 5.97 Å². The van der Waals surface area contributed by atoms with Crippen LogP contribution in [0.2, 0.25) is 0 Å². The van der Waals surface area contributed by atoms with Crippen molar-refractivity contribution >= 4 is 5.97 Å². The summed E-state index contributed by atoms with van der Waals surface area (Å²) >= 11 is 0. The predicted molar refractivity (Wildman–Crippen MR) is 31.7 cm³/mol. The fourth-order valence-electron chi connectivity index (χ4n) is 0.395. The Morgan fingerprint density at radius 2 is 2.44 bits per heavy atom. The maximum absolute atomic E-state index is 10.2. The molecule has 0 aliphatic rings. The van der Waals surface area contributed by atoms with Crippen LogP contribution in [0.5, 0.6) is 0 Å². The van der Waals surface area contributed by atoms with Crippen LogP contribution in [0, 0.1) is 0 Å². The first-order chi connectivity index (χ1) is 4.20. The summed E-state index contributed by atoms with van der Waals surface area (Å²) in [6.07, 6.45) is -0.539. The highest BCUT2D eigenvalue weighted by Gasteiger charge is 2.06. The number of hydrogen-bond acceptors (Lipinski definition) is 4. The molecule has 0 aromatic rings. The second kappa shape index (κ2) is 4.29. The molecular weight excluding hydrogens is 122 g/mol. The quantitative estimate of drug-likeness (QED) is 0.478. The molecule has 4 nitrogen and oxygen atoms in total. The van der Waals surface area contributed by atoms with Gasteiger partial charge in [-0.05, 0) is 0 Å². The van der Waals surface area contributed by atoms with Crippen LogP contribution < -0.4 is 5.73 Å². The molecule has 9 heavy (non-hydrogen) atoms. The zero-order valence-electron chi connectivity index (χ0n) is 5.33. The average molecular weight is 133 g/mol. The molecule has 0 heterocycles. The van der Waals surface area contributed by atoms with E-state index in [1.807, 2.05) is 0 Å². The van der Waals surface area contributed by atoms with Gasteiger partial charge in [0.15, 0.2) is 0 Å². The van der Waals surface area contributed by atoms with Crippen LogP contribution in [0.4, 0.5) is 0 Å². The van der Waals surface area contributed by atoms with Crippen molar-refractivity contribution in [3.8, 4) is 0 Å².